The summed E-state index contributed by atoms with van der Waals surface area (Å²) in [6.07, 6.45) is 5.66. The molecule has 0 bridgehead atoms. The van der Waals surface area contributed by atoms with Crippen LogP contribution in [0.15, 0.2) is 24.5 Å². The fourth-order valence-corrected chi connectivity index (χ4v) is 1.68. The Bertz CT molecular complexity index is 547. The first-order valence-corrected chi connectivity index (χ1v) is 5.16. The summed E-state index contributed by atoms with van der Waals surface area (Å²) in [5.74, 6) is 1.05. The van der Waals surface area contributed by atoms with Gasteiger partial charge in [0.1, 0.15) is 6.07 Å². The molecule has 0 spiro atoms. The fourth-order valence-electron chi connectivity index (χ4n) is 1.68. The lowest BCUT2D eigenvalue weighted by Crippen LogP contribution is -2.05. The number of hydrogen-bond acceptors (Lipinski definition) is 4. The molecule has 2 aromatic heterocycles. The van der Waals surface area contributed by atoms with Gasteiger partial charge in [-0.3, -0.25) is 0 Å². The van der Waals surface area contributed by atoms with Gasteiger partial charge in [-0.2, -0.15) is 10.4 Å². The molecule has 1 aliphatic carbocycles. The van der Waals surface area contributed by atoms with Gasteiger partial charge in [0.25, 0.3) is 5.95 Å². The van der Waals surface area contributed by atoms with Crippen molar-refractivity contribution in [2.75, 3.05) is 0 Å². The lowest BCUT2D eigenvalue weighted by Gasteiger charge is -2.02. The van der Waals surface area contributed by atoms with E-state index >= 15 is 0 Å². The van der Waals surface area contributed by atoms with Crippen LogP contribution < -0.4 is 0 Å². The SMILES string of the molecule is N#Cc1cc(C2CC2)n(-c2ncccn2)n1. The Balaban J connectivity index is 2.12. The standard InChI is InChI=1S/C11H9N5/c12-7-9-6-10(8-2-3-8)16(15-9)11-13-4-1-5-14-11/h1,4-6,8H,2-3H2. The summed E-state index contributed by atoms with van der Waals surface area (Å²) in [6.45, 7) is 0. The monoisotopic (exact) mass is 211 g/mol. The van der Waals surface area contributed by atoms with E-state index in [9.17, 15) is 0 Å². The van der Waals surface area contributed by atoms with Gasteiger partial charge in [-0.15, -0.1) is 0 Å². The Morgan fingerprint density at radius 1 is 1.31 bits per heavy atom. The summed E-state index contributed by atoms with van der Waals surface area (Å²) in [5, 5.41) is 13.0. The van der Waals surface area contributed by atoms with E-state index in [1.165, 1.54) is 0 Å². The molecular weight excluding hydrogens is 202 g/mol. The molecule has 0 radical (unpaired) electrons. The molecule has 1 saturated carbocycles. The largest absolute Gasteiger partial charge is 0.250 e. The van der Waals surface area contributed by atoms with Gasteiger partial charge in [-0.1, -0.05) is 0 Å². The van der Waals surface area contributed by atoms with Crippen LogP contribution >= 0.6 is 0 Å². The van der Waals surface area contributed by atoms with Crippen molar-refractivity contribution in [1.82, 2.24) is 19.7 Å². The van der Waals surface area contributed by atoms with Crippen LogP contribution in [0.5, 0.6) is 0 Å². The lowest BCUT2D eigenvalue weighted by atomic mass is 10.3. The third-order valence-corrected chi connectivity index (χ3v) is 2.59. The zero-order chi connectivity index (χ0) is 11.0. The highest BCUT2D eigenvalue weighted by Gasteiger charge is 2.29. The topological polar surface area (TPSA) is 67.4 Å². The van der Waals surface area contributed by atoms with Crippen LogP contribution in [0.25, 0.3) is 5.95 Å². The van der Waals surface area contributed by atoms with Gasteiger partial charge in [-0.05, 0) is 25.0 Å². The van der Waals surface area contributed by atoms with Crippen LogP contribution in [0, 0.1) is 11.3 Å². The van der Waals surface area contributed by atoms with Gasteiger partial charge in [0.2, 0.25) is 0 Å². The molecule has 0 atom stereocenters. The summed E-state index contributed by atoms with van der Waals surface area (Å²) in [7, 11) is 0. The van der Waals surface area contributed by atoms with Crippen molar-refractivity contribution in [2.45, 2.75) is 18.8 Å². The van der Waals surface area contributed by atoms with Gasteiger partial charge in [0, 0.05) is 18.3 Å². The van der Waals surface area contributed by atoms with Crippen molar-refractivity contribution in [3.63, 3.8) is 0 Å². The minimum absolute atomic E-state index is 0.425. The average molecular weight is 211 g/mol. The van der Waals surface area contributed by atoms with E-state index in [-0.39, 0.29) is 0 Å². The Labute approximate surface area is 92.4 Å². The number of nitriles is 1. The molecule has 0 unspecified atom stereocenters. The van der Waals surface area contributed by atoms with E-state index in [0.29, 0.717) is 17.6 Å². The van der Waals surface area contributed by atoms with Gasteiger partial charge in [0.05, 0.1) is 5.69 Å². The number of aromatic nitrogens is 4. The van der Waals surface area contributed by atoms with E-state index in [1.54, 1.807) is 23.1 Å². The Morgan fingerprint density at radius 3 is 2.69 bits per heavy atom. The smallest absolute Gasteiger partial charge is 0.220 e. The second-order valence-electron chi connectivity index (χ2n) is 3.80. The first kappa shape index (κ1) is 9.04. The summed E-state index contributed by atoms with van der Waals surface area (Å²) in [6, 6.07) is 5.64. The van der Waals surface area contributed by atoms with Crippen molar-refractivity contribution in [2.24, 2.45) is 0 Å². The van der Waals surface area contributed by atoms with Crippen LogP contribution in [-0.4, -0.2) is 19.7 Å². The van der Waals surface area contributed by atoms with Gasteiger partial charge in [-0.25, -0.2) is 14.6 Å². The van der Waals surface area contributed by atoms with Crippen LogP contribution in [0.4, 0.5) is 0 Å². The molecule has 0 aromatic carbocycles. The number of nitrogens with zero attached hydrogens (tertiary/aromatic N) is 5. The van der Waals surface area contributed by atoms with Crippen molar-refractivity contribution in [3.05, 3.63) is 35.9 Å². The third kappa shape index (κ3) is 1.44. The summed E-state index contributed by atoms with van der Waals surface area (Å²) in [5.41, 5.74) is 1.47. The molecule has 0 aliphatic heterocycles. The Morgan fingerprint density at radius 2 is 2.06 bits per heavy atom. The third-order valence-electron chi connectivity index (χ3n) is 2.59. The lowest BCUT2D eigenvalue weighted by molar-refractivity contribution is 0.753. The molecule has 16 heavy (non-hydrogen) atoms. The predicted octanol–water partition coefficient (Wildman–Crippen LogP) is 1.41. The molecule has 0 saturated heterocycles. The summed E-state index contributed by atoms with van der Waals surface area (Å²) >= 11 is 0. The van der Waals surface area contributed by atoms with E-state index in [1.807, 2.05) is 6.07 Å². The predicted molar refractivity (Wildman–Crippen MR) is 55.8 cm³/mol. The average Bonchev–Trinajstić information content (AvgIpc) is 3.10. The van der Waals surface area contributed by atoms with Crippen LogP contribution in [0.3, 0.4) is 0 Å². The summed E-state index contributed by atoms with van der Waals surface area (Å²) in [4.78, 5) is 8.29. The molecule has 78 valence electrons. The highest BCUT2D eigenvalue weighted by Crippen LogP contribution is 2.40. The number of rotatable bonds is 2. The van der Waals surface area contributed by atoms with Crippen molar-refractivity contribution < 1.29 is 0 Å². The second-order valence-corrected chi connectivity index (χ2v) is 3.80. The second kappa shape index (κ2) is 3.42. The molecule has 5 nitrogen and oxygen atoms in total. The molecule has 0 amide bonds. The molecule has 1 aliphatic rings. The minimum Gasteiger partial charge on any atom is -0.220 e. The molecule has 2 aromatic rings. The Kier molecular flexibility index (Phi) is 1.93. The quantitative estimate of drug-likeness (QED) is 0.753. The molecule has 5 heteroatoms. The molecule has 0 N–H and O–H groups in total. The number of hydrogen-bond donors (Lipinski definition) is 0. The van der Waals surface area contributed by atoms with E-state index in [2.05, 4.69) is 21.1 Å². The van der Waals surface area contributed by atoms with Crippen molar-refractivity contribution in [3.8, 4) is 12.0 Å². The van der Waals surface area contributed by atoms with E-state index in [0.717, 1.165) is 18.5 Å². The van der Waals surface area contributed by atoms with Gasteiger partial charge in [0.15, 0.2) is 5.69 Å². The first-order chi connectivity index (χ1) is 7.88. The van der Waals surface area contributed by atoms with E-state index < -0.39 is 0 Å². The molecule has 3 rings (SSSR count). The maximum atomic E-state index is 8.86. The maximum Gasteiger partial charge on any atom is 0.250 e. The minimum atomic E-state index is 0.425. The Hall–Kier alpha value is -2.22. The van der Waals surface area contributed by atoms with Crippen LogP contribution in [-0.2, 0) is 0 Å². The van der Waals surface area contributed by atoms with Gasteiger partial charge < -0.3 is 0 Å². The van der Waals surface area contributed by atoms with Crippen LogP contribution in [0.2, 0.25) is 0 Å². The zero-order valence-corrected chi connectivity index (χ0v) is 8.54. The van der Waals surface area contributed by atoms with Crippen LogP contribution in [0.1, 0.15) is 30.1 Å². The highest BCUT2D eigenvalue weighted by atomic mass is 15.4. The molecule has 2 heterocycles. The van der Waals surface area contributed by atoms with Crippen molar-refractivity contribution >= 4 is 0 Å². The molecular formula is C11H9N5. The molecule has 1 fully saturated rings. The zero-order valence-electron chi connectivity index (χ0n) is 8.54. The van der Waals surface area contributed by atoms with E-state index in [4.69, 9.17) is 5.26 Å². The first-order valence-electron chi connectivity index (χ1n) is 5.16. The highest BCUT2D eigenvalue weighted by molar-refractivity contribution is 5.31. The normalized spacial score (nSPS) is 14.7. The van der Waals surface area contributed by atoms with Gasteiger partial charge >= 0.3 is 0 Å². The maximum absolute atomic E-state index is 8.86. The summed E-state index contributed by atoms with van der Waals surface area (Å²) < 4.78 is 1.68. The fraction of sp³-hybridized carbons (Fsp3) is 0.273. The van der Waals surface area contributed by atoms with Crippen molar-refractivity contribution in [1.29, 1.82) is 5.26 Å².